The van der Waals surface area contributed by atoms with Crippen molar-refractivity contribution in [3.05, 3.63) is 40.3 Å². The molecule has 0 saturated carbocycles. The normalized spacial score (nSPS) is 15.2. The SMILES string of the molecule is Cc1c(C(=O)N2CCN(c3ccc(Br)cn3)CC2)cnn1C. The molecule has 0 unspecified atom stereocenters. The minimum absolute atomic E-state index is 0.0639. The van der Waals surface area contributed by atoms with E-state index in [-0.39, 0.29) is 5.91 Å². The number of hydrogen-bond donors (Lipinski definition) is 0. The summed E-state index contributed by atoms with van der Waals surface area (Å²) >= 11 is 3.39. The first-order chi connectivity index (χ1) is 10.6. The number of anilines is 1. The van der Waals surface area contributed by atoms with Crippen molar-refractivity contribution < 1.29 is 4.79 Å². The predicted octanol–water partition coefficient (Wildman–Crippen LogP) is 1.85. The number of halogens is 1. The number of hydrogen-bond acceptors (Lipinski definition) is 4. The van der Waals surface area contributed by atoms with Gasteiger partial charge in [-0.3, -0.25) is 9.48 Å². The topological polar surface area (TPSA) is 54.3 Å². The van der Waals surface area contributed by atoms with Gasteiger partial charge in [0.05, 0.1) is 11.8 Å². The van der Waals surface area contributed by atoms with E-state index in [1.807, 2.05) is 31.0 Å². The second kappa shape index (κ2) is 6.08. The lowest BCUT2D eigenvalue weighted by Gasteiger charge is -2.35. The molecule has 7 heteroatoms. The molecule has 0 bridgehead atoms. The third-order valence-electron chi connectivity index (χ3n) is 4.07. The number of carbonyl (C=O) groups excluding carboxylic acids is 1. The van der Waals surface area contributed by atoms with Crippen molar-refractivity contribution in [2.45, 2.75) is 6.92 Å². The van der Waals surface area contributed by atoms with E-state index in [1.165, 1.54) is 0 Å². The van der Waals surface area contributed by atoms with Crippen molar-refractivity contribution in [2.75, 3.05) is 31.1 Å². The fraction of sp³-hybridized carbons (Fsp3) is 0.400. The quantitative estimate of drug-likeness (QED) is 0.816. The van der Waals surface area contributed by atoms with Crippen LogP contribution in [0.25, 0.3) is 0 Å². The molecule has 1 amide bonds. The summed E-state index contributed by atoms with van der Waals surface area (Å²) in [5.41, 5.74) is 1.60. The fourth-order valence-electron chi connectivity index (χ4n) is 2.57. The molecule has 0 spiro atoms. The van der Waals surface area contributed by atoms with E-state index in [9.17, 15) is 4.79 Å². The molecule has 2 aromatic rings. The molecule has 3 heterocycles. The minimum atomic E-state index is 0.0639. The molecule has 0 atom stereocenters. The highest BCUT2D eigenvalue weighted by Crippen LogP contribution is 2.18. The highest BCUT2D eigenvalue weighted by atomic mass is 79.9. The molecule has 1 fully saturated rings. The van der Waals surface area contributed by atoms with Crippen LogP contribution in [-0.4, -0.2) is 51.8 Å². The molecular weight excluding hydrogens is 346 g/mol. The molecule has 1 saturated heterocycles. The molecule has 116 valence electrons. The Kier molecular flexibility index (Phi) is 4.15. The summed E-state index contributed by atoms with van der Waals surface area (Å²) in [5, 5.41) is 4.15. The summed E-state index contributed by atoms with van der Waals surface area (Å²) in [6.45, 7) is 4.90. The zero-order chi connectivity index (χ0) is 15.7. The largest absolute Gasteiger partial charge is 0.353 e. The summed E-state index contributed by atoms with van der Waals surface area (Å²) < 4.78 is 2.70. The lowest BCUT2D eigenvalue weighted by atomic mass is 10.2. The second-order valence-corrected chi connectivity index (χ2v) is 6.30. The van der Waals surface area contributed by atoms with Gasteiger partial charge >= 0.3 is 0 Å². The molecular formula is C15H18BrN5O. The zero-order valence-electron chi connectivity index (χ0n) is 12.7. The van der Waals surface area contributed by atoms with Gasteiger partial charge in [0.25, 0.3) is 5.91 Å². The van der Waals surface area contributed by atoms with Gasteiger partial charge in [-0.05, 0) is 35.0 Å². The Bertz CT molecular complexity index is 674. The van der Waals surface area contributed by atoms with E-state index in [1.54, 1.807) is 17.1 Å². The summed E-state index contributed by atoms with van der Waals surface area (Å²) in [5.74, 6) is 1.02. The lowest BCUT2D eigenvalue weighted by Crippen LogP contribution is -2.49. The van der Waals surface area contributed by atoms with Crippen molar-refractivity contribution in [2.24, 2.45) is 7.05 Å². The van der Waals surface area contributed by atoms with Crippen LogP contribution in [0.5, 0.6) is 0 Å². The van der Waals surface area contributed by atoms with Crippen molar-refractivity contribution in [1.82, 2.24) is 19.7 Å². The van der Waals surface area contributed by atoms with Gasteiger partial charge in [-0.1, -0.05) is 0 Å². The first kappa shape index (κ1) is 15.0. The van der Waals surface area contributed by atoms with Crippen LogP contribution < -0.4 is 4.90 Å². The number of piperazine rings is 1. The van der Waals surface area contributed by atoms with Crippen molar-refractivity contribution >= 4 is 27.7 Å². The second-order valence-electron chi connectivity index (χ2n) is 5.38. The number of aryl methyl sites for hydroxylation is 1. The Balaban J connectivity index is 1.65. The van der Waals surface area contributed by atoms with Crippen LogP contribution in [-0.2, 0) is 7.05 Å². The number of carbonyl (C=O) groups is 1. The summed E-state index contributed by atoms with van der Waals surface area (Å²) in [4.78, 5) is 21.1. The van der Waals surface area contributed by atoms with Crippen LogP contribution in [0, 0.1) is 6.92 Å². The smallest absolute Gasteiger partial charge is 0.257 e. The average molecular weight is 364 g/mol. The molecule has 22 heavy (non-hydrogen) atoms. The van der Waals surface area contributed by atoms with Crippen LogP contribution in [0.4, 0.5) is 5.82 Å². The van der Waals surface area contributed by atoms with Crippen molar-refractivity contribution in [1.29, 1.82) is 0 Å². The molecule has 0 N–H and O–H groups in total. The Hall–Kier alpha value is -1.89. The number of pyridine rings is 1. The maximum atomic E-state index is 12.6. The Morgan fingerprint density at radius 1 is 1.18 bits per heavy atom. The van der Waals surface area contributed by atoms with Gasteiger partial charge < -0.3 is 9.80 Å². The first-order valence-electron chi connectivity index (χ1n) is 7.20. The number of aromatic nitrogens is 3. The number of rotatable bonds is 2. The summed E-state index contributed by atoms with van der Waals surface area (Å²) in [6.07, 6.45) is 3.45. The first-order valence-corrected chi connectivity index (χ1v) is 8.00. The van der Waals surface area contributed by atoms with E-state index in [2.05, 4.69) is 30.9 Å². The van der Waals surface area contributed by atoms with Crippen LogP contribution >= 0.6 is 15.9 Å². The zero-order valence-corrected chi connectivity index (χ0v) is 14.2. The number of amides is 1. The van der Waals surface area contributed by atoms with Crippen LogP contribution in [0.3, 0.4) is 0 Å². The van der Waals surface area contributed by atoms with Gasteiger partial charge in [0.1, 0.15) is 5.82 Å². The molecule has 1 aliphatic rings. The van der Waals surface area contributed by atoms with Crippen LogP contribution in [0.15, 0.2) is 29.0 Å². The standard InChI is InChI=1S/C15H18BrN5O/c1-11-13(10-18-19(11)2)15(22)21-7-5-20(6-8-21)14-4-3-12(16)9-17-14/h3-4,9-10H,5-8H2,1-2H3. The third kappa shape index (κ3) is 2.85. The van der Waals surface area contributed by atoms with Gasteiger partial charge in [0.2, 0.25) is 0 Å². The number of nitrogens with zero attached hydrogens (tertiary/aromatic N) is 5. The van der Waals surface area contributed by atoms with Crippen LogP contribution in [0.1, 0.15) is 16.1 Å². The fourth-order valence-corrected chi connectivity index (χ4v) is 2.81. The van der Waals surface area contributed by atoms with E-state index in [0.717, 1.165) is 29.1 Å². The Morgan fingerprint density at radius 3 is 2.45 bits per heavy atom. The van der Waals surface area contributed by atoms with E-state index < -0.39 is 0 Å². The summed E-state index contributed by atoms with van der Waals surface area (Å²) in [7, 11) is 1.85. The van der Waals surface area contributed by atoms with Gasteiger partial charge in [0, 0.05) is 49.6 Å². The van der Waals surface area contributed by atoms with Gasteiger partial charge in [0.15, 0.2) is 0 Å². The van der Waals surface area contributed by atoms with Gasteiger partial charge in [-0.2, -0.15) is 5.10 Å². The van der Waals surface area contributed by atoms with Crippen molar-refractivity contribution in [3.63, 3.8) is 0 Å². The third-order valence-corrected chi connectivity index (χ3v) is 4.54. The molecule has 3 rings (SSSR count). The average Bonchev–Trinajstić information content (AvgIpc) is 2.87. The van der Waals surface area contributed by atoms with E-state index >= 15 is 0 Å². The van der Waals surface area contributed by atoms with Gasteiger partial charge in [-0.25, -0.2) is 4.98 Å². The maximum Gasteiger partial charge on any atom is 0.257 e. The lowest BCUT2D eigenvalue weighted by molar-refractivity contribution is 0.0745. The molecule has 0 aliphatic carbocycles. The van der Waals surface area contributed by atoms with Crippen molar-refractivity contribution in [3.8, 4) is 0 Å². The monoisotopic (exact) mass is 363 g/mol. The van der Waals surface area contributed by atoms with E-state index in [4.69, 9.17) is 0 Å². The molecule has 1 aliphatic heterocycles. The predicted molar refractivity (Wildman–Crippen MR) is 88.0 cm³/mol. The minimum Gasteiger partial charge on any atom is -0.353 e. The Morgan fingerprint density at radius 2 is 1.91 bits per heavy atom. The maximum absolute atomic E-state index is 12.6. The van der Waals surface area contributed by atoms with E-state index in [0.29, 0.717) is 18.7 Å². The molecule has 6 nitrogen and oxygen atoms in total. The molecule has 0 aromatic carbocycles. The molecule has 2 aromatic heterocycles. The summed E-state index contributed by atoms with van der Waals surface area (Å²) in [6, 6.07) is 3.98. The highest BCUT2D eigenvalue weighted by Gasteiger charge is 2.24. The van der Waals surface area contributed by atoms with Crippen LogP contribution in [0.2, 0.25) is 0 Å². The van der Waals surface area contributed by atoms with Gasteiger partial charge in [-0.15, -0.1) is 0 Å². The molecule has 0 radical (unpaired) electrons. The highest BCUT2D eigenvalue weighted by molar-refractivity contribution is 9.10. The Labute approximate surface area is 137 Å².